The van der Waals surface area contributed by atoms with Crippen molar-refractivity contribution in [3.8, 4) is 22.8 Å². The van der Waals surface area contributed by atoms with Crippen LogP contribution in [0.3, 0.4) is 0 Å². The fourth-order valence-electron chi connectivity index (χ4n) is 5.96. The third-order valence-electron chi connectivity index (χ3n) is 8.40. The molecule has 0 saturated heterocycles. The molecule has 12 heteroatoms. The molecule has 0 atom stereocenters. The summed E-state index contributed by atoms with van der Waals surface area (Å²) in [6, 6.07) is 13.8. The topological polar surface area (TPSA) is 114 Å². The van der Waals surface area contributed by atoms with Gasteiger partial charge in [0.1, 0.15) is 11.4 Å². The lowest BCUT2D eigenvalue weighted by atomic mass is 9.64. The zero-order valence-electron chi connectivity index (χ0n) is 25.2. The van der Waals surface area contributed by atoms with E-state index in [1.54, 1.807) is 35.5 Å². The number of likely N-dealkylation sites (N-methyl/N-ethyl adjacent to an activating group) is 1. The van der Waals surface area contributed by atoms with Crippen LogP contribution in [-0.2, 0) is 20.2 Å². The zero-order valence-corrected chi connectivity index (χ0v) is 26.8. The monoisotopic (exact) mass is 637 g/mol. The van der Waals surface area contributed by atoms with Gasteiger partial charge in [-0.1, -0.05) is 12.5 Å². The number of aromatic nitrogens is 2. The number of halogens is 1. The van der Waals surface area contributed by atoms with Gasteiger partial charge in [0.15, 0.2) is 0 Å². The third kappa shape index (κ3) is 5.55. The number of carbonyl (C=O) groups is 1. The quantitative estimate of drug-likeness (QED) is 0.234. The molecule has 10 nitrogen and oxygen atoms in total. The van der Waals surface area contributed by atoms with Gasteiger partial charge in [0.2, 0.25) is 11.8 Å². The Morgan fingerprint density at radius 2 is 1.77 bits per heavy atom. The number of hydrogen-bond donors (Lipinski definition) is 1. The van der Waals surface area contributed by atoms with Crippen molar-refractivity contribution in [1.29, 1.82) is 0 Å². The Morgan fingerprint density at radius 3 is 2.43 bits per heavy atom. The van der Waals surface area contributed by atoms with E-state index in [0.717, 1.165) is 59.9 Å². The van der Waals surface area contributed by atoms with Crippen molar-refractivity contribution >= 4 is 50.6 Å². The molecule has 1 aliphatic carbocycles. The van der Waals surface area contributed by atoms with Gasteiger partial charge in [-0.2, -0.15) is 0 Å². The standard InChI is InChI=1S/C32H35N5O5S.ClH/c1-36(2)15-6-16-42-30-27(35-43(39,40)24-10-8-23(41-4)9-11-24)18-22(19-34-30)21-7-12-26-25(17-21)29-28(20-33-26)37(3)31(38)32(29)13-5-14-32;/h7-12,17-20,35H,5-6,13-16H2,1-4H3;1H. The van der Waals surface area contributed by atoms with Crippen LogP contribution in [0.2, 0.25) is 0 Å². The van der Waals surface area contributed by atoms with Crippen molar-refractivity contribution in [1.82, 2.24) is 14.9 Å². The van der Waals surface area contributed by atoms with Crippen molar-refractivity contribution in [3.05, 3.63) is 66.5 Å². The summed E-state index contributed by atoms with van der Waals surface area (Å²) >= 11 is 0. The van der Waals surface area contributed by atoms with Gasteiger partial charge in [-0.25, -0.2) is 13.4 Å². The van der Waals surface area contributed by atoms with E-state index in [4.69, 9.17) is 9.47 Å². The highest BCUT2D eigenvalue weighted by Gasteiger charge is 2.54. The molecule has 4 aromatic rings. The molecular formula is C32H36ClN5O5S. The molecule has 232 valence electrons. The number of amides is 1. The summed E-state index contributed by atoms with van der Waals surface area (Å²) in [5.74, 6) is 0.881. The van der Waals surface area contributed by atoms with Gasteiger partial charge in [0.05, 0.1) is 41.4 Å². The first-order valence-corrected chi connectivity index (χ1v) is 15.8. The summed E-state index contributed by atoms with van der Waals surface area (Å²) < 4.78 is 40.6. The number of rotatable bonds is 10. The second kappa shape index (κ2) is 12.2. The highest BCUT2D eigenvalue weighted by Crippen LogP contribution is 2.55. The van der Waals surface area contributed by atoms with E-state index in [0.29, 0.717) is 17.9 Å². The Hall–Kier alpha value is -3.93. The van der Waals surface area contributed by atoms with Gasteiger partial charge < -0.3 is 19.3 Å². The summed E-state index contributed by atoms with van der Waals surface area (Å²) in [5, 5.41) is 0.928. The number of hydrogen-bond acceptors (Lipinski definition) is 8. The maximum Gasteiger partial charge on any atom is 0.262 e. The summed E-state index contributed by atoms with van der Waals surface area (Å²) in [6.45, 7) is 1.19. The summed E-state index contributed by atoms with van der Waals surface area (Å²) in [7, 11) is 3.35. The van der Waals surface area contributed by atoms with E-state index < -0.39 is 15.4 Å². The first kappa shape index (κ1) is 31.5. The van der Waals surface area contributed by atoms with E-state index in [1.165, 1.54) is 19.2 Å². The third-order valence-corrected chi connectivity index (χ3v) is 9.78. The van der Waals surface area contributed by atoms with Gasteiger partial charge in [-0.3, -0.25) is 14.5 Å². The first-order valence-electron chi connectivity index (χ1n) is 14.3. The molecule has 1 aliphatic heterocycles. The van der Waals surface area contributed by atoms with E-state index in [-0.39, 0.29) is 34.8 Å². The Morgan fingerprint density at radius 1 is 1.02 bits per heavy atom. The van der Waals surface area contributed by atoms with E-state index in [2.05, 4.69) is 19.6 Å². The minimum absolute atomic E-state index is 0. The van der Waals surface area contributed by atoms with Crippen LogP contribution in [0.15, 0.2) is 65.8 Å². The number of pyridine rings is 2. The number of fused-ring (bicyclic) bond motifs is 4. The number of sulfonamides is 1. The SMILES string of the molecule is COc1ccc(S(=O)(=O)Nc2cc(-c3ccc4ncc5c(c4c3)C3(CCC3)C(=O)N5C)cnc2OCCCN(C)C)cc1.Cl. The highest BCUT2D eigenvalue weighted by atomic mass is 35.5. The van der Waals surface area contributed by atoms with Crippen LogP contribution in [0.25, 0.3) is 22.0 Å². The molecule has 0 radical (unpaired) electrons. The minimum Gasteiger partial charge on any atom is -0.497 e. The number of benzene rings is 2. The fraction of sp³-hybridized carbons (Fsp3) is 0.344. The molecule has 1 saturated carbocycles. The summed E-state index contributed by atoms with van der Waals surface area (Å²) in [4.78, 5) is 26.3. The van der Waals surface area contributed by atoms with Crippen LogP contribution in [-0.4, -0.2) is 70.6 Å². The second-order valence-electron chi connectivity index (χ2n) is 11.4. The van der Waals surface area contributed by atoms with Crippen LogP contribution in [0.5, 0.6) is 11.6 Å². The Kier molecular flexibility index (Phi) is 8.75. The molecule has 1 amide bonds. The number of anilines is 2. The fourth-order valence-corrected chi connectivity index (χ4v) is 7.00. The van der Waals surface area contributed by atoms with Gasteiger partial charge >= 0.3 is 0 Å². The first-order chi connectivity index (χ1) is 20.6. The van der Waals surface area contributed by atoms with Crippen molar-refractivity contribution in [2.45, 2.75) is 36.0 Å². The summed E-state index contributed by atoms with van der Waals surface area (Å²) in [5.41, 5.74) is 3.97. The van der Waals surface area contributed by atoms with E-state index >= 15 is 0 Å². The molecule has 3 heterocycles. The Labute approximate surface area is 263 Å². The van der Waals surface area contributed by atoms with E-state index in [1.807, 2.05) is 39.3 Å². The second-order valence-corrected chi connectivity index (χ2v) is 13.1. The van der Waals surface area contributed by atoms with Crippen LogP contribution in [0.4, 0.5) is 11.4 Å². The maximum absolute atomic E-state index is 13.4. The van der Waals surface area contributed by atoms with Crippen molar-refractivity contribution < 1.29 is 22.7 Å². The molecule has 44 heavy (non-hydrogen) atoms. The number of nitrogens with zero attached hydrogens (tertiary/aromatic N) is 4. The molecule has 1 spiro atoms. The number of methoxy groups -OCH3 is 1. The lowest BCUT2D eigenvalue weighted by molar-refractivity contribution is -0.125. The molecule has 0 bridgehead atoms. The van der Waals surface area contributed by atoms with Crippen LogP contribution < -0.4 is 19.1 Å². The maximum atomic E-state index is 13.4. The lowest BCUT2D eigenvalue weighted by Gasteiger charge is -2.37. The largest absolute Gasteiger partial charge is 0.497 e. The normalized spacial score (nSPS) is 15.2. The molecular weight excluding hydrogens is 602 g/mol. The average molecular weight is 638 g/mol. The Balaban J connectivity index is 0.00000384. The highest BCUT2D eigenvalue weighted by molar-refractivity contribution is 7.92. The number of nitrogens with one attached hydrogen (secondary N) is 1. The van der Waals surface area contributed by atoms with Crippen molar-refractivity contribution in [2.75, 3.05) is 51.0 Å². The van der Waals surface area contributed by atoms with Gasteiger partial charge in [-0.15, -0.1) is 12.4 Å². The molecule has 2 aliphatic rings. The number of carbonyl (C=O) groups excluding carboxylic acids is 1. The molecule has 2 aromatic heterocycles. The van der Waals surface area contributed by atoms with Gasteiger partial charge in [-0.05, 0) is 81.4 Å². The molecule has 0 unspecified atom stereocenters. The molecule has 6 rings (SSSR count). The van der Waals surface area contributed by atoms with Crippen LogP contribution in [0.1, 0.15) is 31.2 Å². The van der Waals surface area contributed by atoms with Gasteiger partial charge in [0.25, 0.3) is 10.0 Å². The lowest BCUT2D eigenvalue weighted by Crippen LogP contribution is -2.43. The zero-order chi connectivity index (χ0) is 30.4. The van der Waals surface area contributed by atoms with E-state index in [9.17, 15) is 13.2 Å². The minimum atomic E-state index is -3.96. The smallest absolute Gasteiger partial charge is 0.262 e. The predicted octanol–water partition coefficient (Wildman–Crippen LogP) is 5.26. The summed E-state index contributed by atoms with van der Waals surface area (Å²) in [6.07, 6.45) is 6.88. The molecule has 2 aromatic carbocycles. The van der Waals surface area contributed by atoms with Crippen molar-refractivity contribution in [2.24, 2.45) is 0 Å². The average Bonchev–Trinajstić information content (AvgIpc) is 3.22. The molecule has 1 N–H and O–H groups in total. The Bertz CT molecular complexity index is 1810. The predicted molar refractivity (Wildman–Crippen MR) is 174 cm³/mol. The van der Waals surface area contributed by atoms with Crippen LogP contribution >= 0.6 is 12.4 Å². The van der Waals surface area contributed by atoms with Gasteiger partial charge in [0, 0.05) is 36.3 Å². The molecule has 1 fully saturated rings. The van der Waals surface area contributed by atoms with Crippen LogP contribution in [0, 0.1) is 0 Å². The number of ether oxygens (including phenoxy) is 2. The van der Waals surface area contributed by atoms with Crippen molar-refractivity contribution in [3.63, 3.8) is 0 Å².